The first-order valence-electron chi connectivity index (χ1n) is 5.30. The van der Waals surface area contributed by atoms with Gasteiger partial charge in [0, 0.05) is 19.1 Å². The first kappa shape index (κ1) is 11.5. The van der Waals surface area contributed by atoms with E-state index in [1.807, 2.05) is 6.92 Å². The Hall–Kier alpha value is -0.540. The molecule has 0 N–H and O–H groups in total. The number of hydrogen-bond donors (Lipinski definition) is 0. The summed E-state index contributed by atoms with van der Waals surface area (Å²) in [6.07, 6.45) is 1.07. The maximum Gasteiger partial charge on any atom is 0.0889 e. The van der Waals surface area contributed by atoms with Crippen LogP contribution in [0.5, 0.6) is 0 Å². The van der Waals surface area contributed by atoms with Crippen molar-refractivity contribution in [2.24, 2.45) is 0 Å². The second-order valence-corrected chi connectivity index (χ2v) is 3.86. The summed E-state index contributed by atoms with van der Waals surface area (Å²) in [7, 11) is 0. The minimum Gasteiger partial charge on any atom is -0.499 e. The Morgan fingerprint density at radius 3 is 3.07 bits per heavy atom. The van der Waals surface area contributed by atoms with Crippen LogP contribution in [-0.4, -0.2) is 43.9 Å². The van der Waals surface area contributed by atoms with Gasteiger partial charge < -0.3 is 9.47 Å². The summed E-state index contributed by atoms with van der Waals surface area (Å²) in [5.41, 5.74) is 0. The average Bonchev–Trinajstić information content (AvgIpc) is 2.15. The van der Waals surface area contributed by atoms with Gasteiger partial charge in [0.1, 0.15) is 0 Å². The molecule has 1 fully saturated rings. The molecule has 0 radical (unpaired) electrons. The van der Waals surface area contributed by atoms with E-state index < -0.39 is 0 Å². The third-order valence-electron chi connectivity index (χ3n) is 2.44. The van der Waals surface area contributed by atoms with E-state index in [1.54, 1.807) is 0 Å². The van der Waals surface area contributed by atoms with E-state index in [-0.39, 0.29) is 0 Å². The Balaban J connectivity index is 2.07. The predicted molar refractivity (Wildman–Crippen MR) is 57.2 cm³/mol. The maximum absolute atomic E-state index is 5.37. The van der Waals surface area contributed by atoms with E-state index >= 15 is 0 Å². The van der Waals surface area contributed by atoms with Crippen LogP contribution in [0.1, 0.15) is 20.3 Å². The molecule has 1 aliphatic heterocycles. The Morgan fingerprint density at radius 2 is 2.43 bits per heavy atom. The zero-order valence-corrected chi connectivity index (χ0v) is 9.29. The van der Waals surface area contributed by atoms with E-state index in [2.05, 4.69) is 18.4 Å². The van der Waals surface area contributed by atoms with Gasteiger partial charge in [-0.2, -0.15) is 0 Å². The van der Waals surface area contributed by atoms with Crippen LogP contribution in [0.15, 0.2) is 12.3 Å². The zero-order valence-electron chi connectivity index (χ0n) is 9.29. The molecule has 0 aromatic carbocycles. The van der Waals surface area contributed by atoms with Crippen molar-refractivity contribution in [3.05, 3.63) is 12.3 Å². The molecule has 14 heavy (non-hydrogen) atoms. The van der Waals surface area contributed by atoms with Crippen molar-refractivity contribution in [3.8, 4) is 0 Å². The summed E-state index contributed by atoms with van der Waals surface area (Å²) in [6, 6.07) is 0.550. The number of ether oxygens (including phenoxy) is 2. The highest BCUT2D eigenvalue weighted by Crippen LogP contribution is 2.06. The minimum atomic E-state index is 0.550. The van der Waals surface area contributed by atoms with Gasteiger partial charge in [-0.15, -0.1) is 0 Å². The maximum atomic E-state index is 5.37. The lowest BCUT2D eigenvalue weighted by molar-refractivity contribution is -0.00298. The molecule has 0 bridgehead atoms. The number of rotatable bonds is 5. The fourth-order valence-corrected chi connectivity index (χ4v) is 1.61. The van der Waals surface area contributed by atoms with Crippen molar-refractivity contribution in [2.75, 3.05) is 32.9 Å². The second kappa shape index (κ2) is 6.04. The van der Waals surface area contributed by atoms with Gasteiger partial charge in [0.2, 0.25) is 0 Å². The Bertz CT molecular complexity index is 182. The van der Waals surface area contributed by atoms with Crippen LogP contribution < -0.4 is 0 Å². The molecule has 3 nitrogen and oxygen atoms in total. The van der Waals surface area contributed by atoms with Crippen molar-refractivity contribution in [3.63, 3.8) is 0 Å². The summed E-state index contributed by atoms with van der Waals surface area (Å²) in [5.74, 6) is 0.806. The second-order valence-electron chi connectivity index (χ2n) is 3.86. The smallest absolute Gasteiger partial charge is 0.0889 e. The highest BCUT2D eigenvalue weighted by atomic mass is 16.5. The van der Waals surface area contributed by atoms with Gasteiger partial charge in [0.25, 0.3) is 0 Å². The van der Waals surface area contributed by atoms with Gasteiger partial charge in [-0.25, -0.2) is 0 Å². The number of allylic oxidation sites excluding steroid dienone is 1. The van der Waals surface area contributed by atoms with E-state index in [9.17, 15) is 0 Å². The summed E-state index contributed by atoms with van der Waals surface area (Å²) in [6.45, 7) is 12.4. The number of morpholine rings is 1. The molecule has 3 heteroatoms. The highest BCUT2D eigenvalue weighted by molar-refractivity contribution is 4.74. The van der Waals surface area contributed by atoms with Crippen LogP contribution in [0, 0.1) is 0 Å². The molecular weight excluding hydrogens is 178 g/mol. The van der Waals surface area contributed by atoms with Crippen molar-refractivity contribution in [1.82, 2.24) is 4.90 Å². The largest absolute Gasteiger partial charge is 0.499 e. The van der Waals surface area contributed by atoms with Gasteiger partial charge in [-0.05, 0) is 20.3 Å². The molecule has 0 aliphatic carbocycles. The lowest BCUT2D eigenvalue weighted by Gasteiger charge is -2.33. The molecule has 0 aromatic heterocycles. The summed E-state index contributed by atoms with van der Waals surface area (Å²) in [5, 5.41) is 0. The van der Waals surface area contributed by atoms with Crippen molar-refractivity contribution >= 4 is 0 Å². The topological polar surface area (TPSA) is 21.7 Å². The van der Waals surface area contributed by atoms with Gasteiger partial charge in [-0.3, -0.25) is 4.90 Å². The predicted octanol–water partition coefficient (Wildman–Crippen LogP) is 1.65. The van der Waals surface area contributed by atoms with Gasteiger partial charge >= 0.3 is 0 Å². The first-order valence-corrected chi connectivity index (χ1v) is 5.30. The van der Waals surface area contributed by atoms with Crippen LogP contribution in [0.25, 0.3) is 0 Å². The Kier molecular flexibility index (Phi) is 4.98. The summed E-state index contributed by atoms with van der Waals surface area (Å²) in [4.78, 5) is 2.45. The molecular formula is C11H21NO2. The average molecular weight is 199 g/mol. The molecule has 0 saturated carbocycles. The Labute approximate surface area is 86.7 Å². The Morgan fingerprint density at radius 1 is 1.64 bits per heavy atom. The molecule has 0 amide bonds. The van der Waals surface area contributed by atoms with Gasteiger partial charge in [0.05, 0.1) is 25.6 Å². The zero-order chi connectivity index (χ0) is 10.4. The third-order valence-corrected chi connectivity index (χ3v) is 2.44. The normalized spacial score (nSPS) is 23.4. The lowest BCUT2D eigenvalue weighted by Crippen LogP contribution is -2.44. The molecule has 1 unspecified atom stereocenters. The van der Waals surface area contributed by atoms with E-state index in [0.29, 0.717) is 6.04 Å². The molecule has 1 atom stereocenters. The highest BCUT2D eigenvalue weighted by Gasteiger charge is 2.17. The number of nitrogens with zero attached hydrogens (tertiary/aromatic N) is 1. The van der Waals surface area contributed by atoms with E-state index in [1.165, 1.54) is 0 Å². The van der Waals surface area contributed by atoms with Gasteiger partial charge in [0.15, 0.2) is 0 Å². The van der Waals surface area contributed by atoms with Gasteiger partial charge in [-0.1, -0.05) is 6.58 Å². The van der Waals surface area contributed by atoms with E-state index in [4.69, 9.17) is 9.47 Å². The third kappa shape index (κ3) is 4.11. The fraction of sp³-hybridized carbons (Fsp3) is 0.818. The minimum absolute atomic E-state index is 0.550. The fourth-order valence-electron chi connectivity index (χ4n) is 1.61. The van der Waals surface area contributed by atoms with Crippen molar-refractivity contribution in [1.29, 1.82) is 0 Å². The quantitative estimate of drug-likeness (QED) is 0.496. The van der Waals surface area contributed by atoms with Crippen LogP contribution in [-0.2, 0) is 9.47 Å². The molecule has 0 aromatic rings. The van der Waals surface area contributed by atoms with Crippen LogP contribution >= 0.6 is 0 Å². The SMILES string of the molecule is C=C(C)OCCCN1CCOCC1C. The first-order chi connectivity index (χ1) is 6.70. The number of hydrogen-bond acceptors (Lipinski definition) is 3. The van der Waals surface area contributed by atoms with Crippen molar-refractivity contribution in [2.45, 2.75) is 26.3 Å². The van der Waals surface area contributed by atoms with Crippen molar-refractivity contribution < 1.29 is 9.47 Å². The van der Waals surface area contributed by atoms with Crippen LogP contribution in [0.3, 0.4) is 0 Å². The summed E-state index contributed by atoms with van der Waals surface area (Å²) < 4.78 is 10.7. The standard InChI is InChI=1S/C11H21NO2/c1-10(2)14-7-4-5-12-6-8-13-9-11(12)3/h11H,1,4-9H2,2-3H3. The molecule has 1 heterocycles. The molecule has 82 valence electrons. The van der Waals surface area contributed by atoms with Crippen LogP contribution in [0.4, 0.5) is 0 Å². The van der Waals surface area contributed by atoms with Crippen LogP contribution in [0.2, 0.25) is 0 Å². The lowest BCUT2D eigenvalue weighted by atomic mass is 10.2. The van der Waals surface area contributed by atoms with E-state index in [0.717, 1.165) is 45.1 Å². The molecule has 1 aliphatic rings. The monoisotopic (exact) mass is 199 g/mol. The molecule has 0 spiro atoms. The molecule has 1 saturated heterocycles. The summed E-state index contributed by atoms with van der Waals surface area (Å²) >= 11 is 0. The molecule has 1 rings (SSSR count).